The Kier molecular flexibility index (Phi) is 4.99. The first-order chi connectivity index (χ1) is 9.06. The van der Waals surface area contributed by atoms with Crippen molar-refractivity contribution in [3.8, 4) is 5.75 Å². The van der Waals surface area contributed by atoms with E-state index in [1.165, 1.54) is 11.1 Å². The number of benzene rings is 1. The topological polar surface area (TPSA) is 38.3 Å². The maximum Gasteiger partial charge on any atom is 0.122 e. The summed E-state index contributed by atoms with van der Waals surface area (Å²) in [5, 5.41) is 3.57. The van der Waals surface area contributed by atoms with Crippen molar-refractivity contribution in [3.63, 3.8) is 0 Å². The highest BCUT2D eigenvalue weighted by molar-refractivity contribution is 7.84. The molecule has 0 bridgehead atoms. The number of rotatable bonds is 6. The zero-order valence-corrected chi connectivity index (χ0v) is 12.8. The minimum atomic E-state index is -0.702. The van der Waals surface area contributed by atoms with E-state index in [0.717, 1.165) is 31.0 Å². The zero-order chi connectivity index (χ0) is 13.8. The summed E-state index contributed by atoms with van der Waals surface area (Å²) in [4.78, 5) is 0. The van der Waals surface area contributed by atoms with E-state index in [0.29, 0.717) is 12.1 Å². The average molecular weight is 281 g/mol. The van der Waals surface area contributed by atoms with E-state index in [9.17, 15) is 4.21 Å². The number of hydrogen-bond donors (Lipinski definition) is 1. The second-order valence-electron chi connectivity index (χ2n) is 5.32. The van der Waals surface area contributed by atoms with E-state index in [-0.39, 0.29) is 0 Å². The molecule has 1 heterocycles. The van der Waals surface area contributed by atoms with Crippen LogP contribution in [0.2, 0.25) is 0 Å². The highest BCUT2D eigenvalue weighted by Crippen LogP contribution is 2.28. The Balaban J connectivity index is 1.92. The van der Waals surface area contributed by atoms with Crippen LogP contribution in [0.1, 0.15) is 37.4 Å². The molecule has 3 atom stereocenters. The molecule has 0 saturated carbocycles. The molecule has 3 nitrogen and oxygen atoms in total. The summed E-state index contributed by atoms with van der Waals surface area (Å²) in [6.45, 7) is 5.14. The standard InChI is InChI=1S/C15H23NO2S/c1-11(7-9-19(3)17)16-12(2)13-4-5-15-14(10-13)6-8-18-15/h4-5,10-12,16H,6-9H2,1-3H3. The van der Waals surface area contributed by atoms with E-state index in [1.54, 1.807) is 6.26 Å². The van der Waals surface area contributed by atoms with Crippen LogP contribution in [0.3, 0.4) is 0 Å². The number of hydrogen-bond acceptors (Lipinski definition) is 3. The van der Waals surface area contributed by atoms with E-state index in [1.807, 2.05) is 0 Å². The van der Waals surface area contributed by atoms with Crippen LogP contribution >= 0.6 is 0 Å². The molecule has 4 heteroatoms. The first-order valence-corrected chi connectivity index (χ1v) is 8.60. The van der Waals surface area contributed by atoms with Crippen molar-refractivity contribution in [2.75, 3.05) is 18.6 Å². The van der Waals surface area contributed by atoms with Crippen LogP contribution in [0.4, 0.5) is 0 Å². The summed E-state index contributed by atoms with van der Waals surface area (Å²) in [7, 11) is -0.702. The minimum Gasteiger partial charge on any atom is -0.493 e. The van der Waals surface area contributed by atoms with Gasteiger partial charge in [-0.05, 0) is 37.5 Å². The van der Waals surface area contributed by atoms with Gasteiger partial charge >= 0.3 is 0 Å². The molecule has 1 aromatic carbocycles. The van der Waals surface area contributed by atoms with Crippen molar-refractivity contribution >= 4 is 10.8 Å². The lowest BCUT2D eigenvalue weighted by atomic mass is 10.0. The smallest absolute Gasteiger partial charge is 0.122 e. The lowest BCUT2D eigenvalue weighted by molar-refractivity contribution is 0.356. The van der Waals surface area contributed by atoms with Gasteiger partial charge in [0.25, 0.3) is 0 Å². The third kappa shape index (κ3) is 4.05. The summed E-state index contributed by atoms with van der Waals surface area (Å²) < 4.78 is 16.6. The van der Waals surface area contributed by atoms with Crippen molar-refractivity contribution in [2.45, 2.75) is 38.8 Å². The number of fused-ring (bicyclic) bond motifs is 1. The quantitative estimate of drug-likeness (QED) is 0.870. The normalized spacial score (nSPS) is 18.5. The molecule has 0 radical (unpaired) electrons. The second kappa shape index (κ2) is 6.53. The van der Waals surface area contributed by atoms with Gasteiger partial charge in [-0.2, -0.15) is 0 Å². The molecule has 0 saturated heterocycles. The SMILES string of the molecule is CC(CCS(C)=O)NC(C)c1ccc2c(c1)CCO2. The molecule has 1 aromatic rings. The van der Waals surface area contributed by atoms with Crippen molar-refractivity contribution in [2.24, 2.45) is 0 Å². The van der Waals surface area contributed by atoms with Crippen LogP contribution in [-0.4, -0.2) is 28.9 Å². The molecule has 3 unspecified atom stereocenters. The van der Waals surface area contributed by atoms with Gasteiger partial charge in [-0.15, -0.1) is 0 Å². The van der Waals surface area contributed by atoms with E-state index >= 15 is 0 Å². The van der Waals surface area contributed by atoms with E-state index in [4.69, 9.17) is 4.74 Å². The molecule has 1 aliphatic heterocycles. The molecule has 0 aromatic heterocycles. The largest absolute Gasteiger partial charge is 0.493 e. The van der Waals surface area contributed by atoms with Crippen LogP contribution in [-0.2, 0) is 17.2 Å². The summed E-state index contributed by atoms with van der Waals surface area (Å²) in [5.74, 6) is 1.80. The maximum absolute atomic E-state index is 11.1. The Hall–Kier alpha value is -0.870. The second-order valence-corrected chi connectivity index (χ2v) is 6.88. The lowest BCUT2D eigenvalue weighted by Crippen LogP contribution is -2.30. The van der Waals surface area contributed by atoms with Gasteiger partial charge in [0.1, 0.15) is 5.75 Å². The van der Waals surface area contributed by atoms with Crippen molar-refractivity contribution in [1.82, 2.24) is 5.32 Å². The predicted molar refractivity (Wildman–Crippen MR) is 80.2 cm³/mol. The van der Waals surface area contributed by atoms with Crippen molar-refractivity contribution < 1.29 is 8.95 Å². The minimum absolute atomic E-state index is 0.311. The summed E-state index contributed by atoms with van der Waals surface area (Å²) in [5.41, 5.74) is 2.61. The molecule has 0 fully saturated rings. The Labute approximate surface area is 118 Å². The maximum atomic E-state index is 11.1. The van der Waals surface area contributed by atoms with Gasteiger partial charge in [0.2, 0.25) is 0 Å². The molecule has 19 heavy (non-hydrogen) atoms. The lowest BCUT2D eigenvalue weighted by Gasteiger charge is -2.20. The molecule has 106 valence electrons. The molecule has 2 rings (SSSR count). The highest BCUT2D eigenvalue weighted by atomic mass is 32.2. The van der Waals surface area contributed by atoms with Crippen LogP contribution in [0.25, 0.3) is 0 Å². The molecular formula is C15H23NO2S. The van der Waals surface area contributed by atoms with Gasteiger partial charge in [-0.1, -0.05) is 12.1 Å². The fourth-order valence-corrected chi connectivity index (χ4v) is 3.11. The zero-order valence-electron chi connectivity index (χ0n) is 11.9. The van der Waals surface area contributed by atoms with Gasteiger partial charge in [-0.25, -0.2) is 0 Å². The third-order valence-corrected chi connectivity index (χ3v) is 4.40. The van der Waals surface area contributed by atoms with Crippen molar-refractivity contribution in [1.29, 1.82) is 0 Å². The fraction of sp³-hybridized carbons (Fsp3) is 0.600. The monoisotopic (exact) mass is 281 g/mol. The molecular weight excluding hydrogens is 258 g/mol. The van der Waals surface area contributed by atoms with Crippen LogP contribution in [0, 0.1) is 0 Å². The Morgan fingerprint density at radius 2 is 2.21 bits per heavy atom. The van der Waals surface area contributed by atoms with E-state index < -0.39 is 10.8 Å². The van der Waals surface area contributed by atoms with Gasteiger partial charge < -0.3 is 10.1 Å². The number of nitrogens with one attached hydrogen (secondary N) is 1. The van der Waals surface area contributed by atoms with Gasteiger partial charge in [0.15, 0.2) is 0 Å². The number of ether oxygens (including phenoxy) is 1. The molecule has 0 aliphatic carbocycles. The van der Waals surface area contributed by atoms with Crippen molar-refractivity contribution in [3.05, 3.63) is 29.3 Å². The highest BCUT2D eigenvalue weighted by Gasteiger charge is 2.15. The molecule has 1 N–H and O–H groups in total. The predicted octanol–water partition coefficient (Wildman–Crippen LogP) is 2.43. The molecule has 1 aliphatic rings. The van der Waals surface area contributed by atoms with Crippen LogP contribution in [0.15, 0.2) is 18.2 Å². The summed E-state index contributed by atoms with van der Waals surface area (Å²) in [6.07, 6.45) is 3.72. The Bertz CT molecular complexity index is 461. The average Bonchev–Trinajstić information content (AvgIpc) is 2.83. The van der Waals surface area contributed by atoms with Crippen LogP contribution < -0.4 is 10.1 Å². The first-order valence-electron chi connectivity index (χ1n) is 6.88. The molecule has 0 spiro atoms. The Morgan fingerprint density at radius 1 is 1.42 bits per heavy atom. The van der Waals surface area contributed by atoms with Gasteiger partial charge in [0, 0.05) is 41.3 Å². The third-order valence-electron chi connectivity index (χ3n) is 3.59. The fourth-order valence-electron chi connectivity index (χ4n) is 2.42. The first kappa shape index (κ1) is 14.5. The van der Waals surface area contributed by atoms with Gasteiger partial charge in [-0.3, -0.25) is 4.21 Å². The van der Waals surface area contributed by atoms with Crippen LogP contribution in [0.5, 0.6) is 5.75 Å². The Morgan fingerprint density at radius 3 is 2.95 bits per heavy atom. The van der Waals surface area contributed by atoms with Gasteiger partial charge in [0.05, 0.1) is 6.61 Å². The van der Waals surface area contributed by atoms with E-state index in [2.05, 4.69) is 37.4 Å². The molecule has 0 amide bonds. The summed E-state index contributed by atoms with van der Waals surface area (Å²) in [6, 6.07) is 7.13. The summed E-state index contributed by atoms with van der Waals surface area (Å²) >= 11 is 0.